The minimum atomic E-state index is -0.115. The first-order valence-electron chi connectivity index (χ1n) is 10.7. The van der Waals surface area contributed by atoms with Crippen LogP contribution in [0.1, 0.15) is 50.5 Å². The molecular formula is C25H34ClN3O2. The van der Waals surface area contributed by atoms with Gasteiger partial charge in [-0.2, -0.15) is 0 Å². The van der Waals surface area contributed by atoms with E-state index >= 15 is 0 Å². The van der Waals surface area contributed by atoms with Crippen LogP contribution >= 0.6 is 11.6 Å². The van der Waals surface area contributed by atoms with Gasteiger partial charge in [-0.1, -0.05) is 51.4 Å². The Balaban J connectivity index is 2.48. The second-order valence-corrected chi connectivity index (χ2v) is 9.19. The quantitative estimate of drug-likeness (QED) is 0.570. The number of hydrogen-bond acceptors (Lipinski definition) is 3. The fourth-order valence-electron chi connectivity index (χ4n) is 3.25. The van der Waals surface area contributed by atoms with Crippen LogP contribution < -0.4 is 10.2 Å². The highest BCUT2D eigenvalue weighted by Crippen LogP contribution is 2.28. The molecule has 0 spiro atoms. The van der Waals surface area contributed by atoms with Gasteiger partial charge in [0.05, 0.1) is 10.6 Å². The lowest BCUT2D eigenvalue weighted by atomic mass is 10.0. The molecule has 0 unspecified atom stereocenters. The summed E-state index contributed by atoms with van der Waals surface area (Å²) in [5, 5.41) is 3.40. The minimum absolute atomic E-state index is 0.00676. The van der Waals surface area contributed by atoms with Crippen molar-refractivity contribution in [2.75, 3.05) is 24.3 Å². The van der Waals surface area contributed by atoms with Crippen LogP contribution in [0.3, 0.4) is 0 Å². The van der Waals surface area contributed by atoms with Crippen molar-refractivity contribution in [1.82, 2.24) is 4.90 Å². The van der Waals surface area contributed by atoms with Crippen LogP contribution in [0.25, 0.3) is 0 Å². The Labute approximate surface area is 191 Å². The van der Waals surface area contributed by atoms with Crippen molar-refractivity contribution in [3.63, 3.8) is 0 Å². The lowest BCUT2D eigenvalue weighted by Crippen LogP contribution is -2.41. The first kappa shape index (κ1) is 24.7. The highest BCUT2D eigenvalue weighted by atomic mass is 35.5. The van der Waals surface area contributed by atoms with Crippen molar-refractivity contribution in [1.29, 1.82) is 0 Å². The maximum absolute atomic E-state index is 13.5. The third-order valence-electron chi connectivity index (χ3n) is 5.52. The molecule has 2 aromatic carbocycles. The van der Waals surface area contributed by atoms with E-state index in [0.717, 1.165) is 16.9 Å². The Bertz CT molecular complexity index is 925. The van der Waals surface area contributed by atoms with Gasteiger partial charge >= 0.3 is 0 Å². The lowest BCUT2D eigenvalue weighted by Gasteiger charge is -2.33. The zero-order valence-electron chi connectivity index (χ0n) is 19.6. The van der Waals surface area contributed by atoms with Gasteiger partial charge < -0.3 is 15.1 Å². The second kappa shape index (κ2) is 10.7. The van der Waals surface area contributed by atoms with E-state index in [1.165, 1.54) is 0 Å². The average molecular weight is 444 g/mol. The molecule has 1 atom stereocenters. The van der Waals surface area contributed by atoms with Crippen molar-refractivity contribution in [2.24, 2.45) is 11.8 Å². The summed E-state index contributed by atoms with van der Waals surface area (Å²) in [6.45, 7) is 10.4. The maximum Gasteiger partial charge on any atom is 0.255 e. The van der Waals surface area contributed by atoms with Crippen LogP contribution in [-0.4, -0.2) is 36.9 Å². The summed E-state index contributed by atoms with van der Waals surface area (Å²) in [6, 6.07) is 13.0. The van der Waals surface area contributed by atoms with E-state index in [4.69, 9.17) is 11.6 Å². The lowest BCUT2D eigenvalue weighted by molar-refractivity contribution is -0.118. The van der Waals surface area contributed by atoms with Crippen molar-refractivity contribution in [3.8, 4) is 0 Å². The maximum atomic E-state index is 13.5. The summed E-state index contributed by atoms with van der Waals surface area (Å²) in [6.07, 6.45) is 0. The summed E-state index contributed by atoms with van der Waals surface area (Å²) in [5.41, 5.74) is 3.17. The Kier molecular flexibility index (Phi) is 8.52. The van der Waals surface area contributed by atoms with Crippen LogP contribution in [0.15, 0.2) is 42.5 Å². The van der Waals surface area contributed by atoms with Crippen LogP contribution in [0.5, 0.6) is 0 Å². The van der Waals surface area contributed by atoms with Crippen molar-refractivity contribution in [3.05, 3.63) is 58.6 Å². The highest BCUT2D eigenvalue weighted by Gasteiger charge is 2.26. The van der Waals surface area contributed by atoms with Crippen LogP contribution in [0.4, 0.5) is 11.4 Å². The van der Waals surface area contributed by atoms with Crippen molar-refractivity contribution in [2.45, 2.75) is 47.2 Å². The number of amides is 2. The van der Waals surface area contributed by atoms with Gasteiger partial charge in [0.1, 0.15) is 0 Å². The van der Waals surface area contributed by atoms with E-state index in [2.05, 4.69) is 26.1 Å². The molecule has 2 aromatic rings. The first-order chi connectivity index (χ1) is 14.5. The number of rotatable bonds is 8. The van der Waals surface area contributed by atoms with E-state index in [1.807, 2.05) is 68.1 Å². The van der Waals surface area contributed by atoms with Crippen LogP contribution in [0, 0.1) is 11.8 Å². The van der Waals surface area contributed by atoms with E-state index in [-0.39, 0.29) is 29.7 Å². The van der Waals surface area contributed by atoms with Gasteiger partial charge in [0.2, 0.25) is 5.91 Å². The fourth-order valence-corrected chi connectivity index (χ4v) is 3.46. The Hall–Kier alpha value is -2.53. The second-order valence-electron chi connectivity index (χ2n) is 8.78. The van der Waals surface area contributed by atoms with Crippen LogP contribution in [-0.2, 0) is 11.3 Å². The molecule has 0 saturated carbocycles. The zero-order chi connectivity index (χ0) is 23.3. The molecule has 0 saturated heterocycles. The van der Waals surface area contributed by atoms with Gasteiger partial charge in [0.15, 0.2) is 0 Å². The summed E-state index contributed by atoms with van der Waals surface area (Å²) >= 11 is 6.34. The predicted molar refractivity (Wildman–Crippen MR) is 130 cm³/mol. The molecule has 2 rings (SSSR count). The fraction of sp³-hybridized carbons (Fsp3) is 0.440. The molecule has 0 aliphatic carbocycles. The number of carbonyl (C=O) groups excluding carboxylic acids is 2. The smallest absolute Gasteiger partial charge is 0.255 e. The van der Waals surface area contributed by atoms with Gasteiger partial charge in [-0.05, 0) is 48.7 Å². The molecule has 0 bridgehead atoms. The summed E-state index contributed by atoms with van der Waals surface area (Å²) in [4.78, 5) is 29.6. The molecule has 2 amide bonds. The highest BCUT2D eigenvalue weighted by molar-refractivity contribution is 6.33. The summed E-state index contributed by atoms with van der Waals surface area (Å²) in [7, 11) is 3.94. The van der Waals surface area contributed by atoms with Gasteiger partial charge in [-0.25, -0.2) is 0 Å². The largest absolute Gasteiger partial charge is 0.377 e. The normalized spacial score (nSPS) is 12.1. The third kappa shape index (κ3) is 6.23. The van der Waals surface area contributed by atoms with Gasteiger partial charge in [0.25, 0.3) is 5.91 Å². The Morgan fingerprint density at radius 2 is 1.65 bits per heavy atom. The SMILES string of the molecule is CC(C)C(=O)Nc1ccc(N(C)C)c(CN(C(=O)c2ccccc2Cl)[C@H](C)C(C)C)c1. The van der Waals surface area contributed by atoms with Gasteiger partial charge in [-0.3, -0.25) is 9.59 Å². The zero-order valence-corrected chi connectivity index (χ0v) is 20.3. The number of anilines is 2. The number of benzene rings is 2. The molecule has 0 radical (unpaired) electrons. The van der Waals surface area contributed by atoms with Gasteiger partial charge in [-0.15, -0.1) is 0 Å². The van der Waals surface area contributed by atoms with E-state index in [0.29, 0.717) is 17.1 Å². The number of hydrogen-bond donors (Lipinski definition) is 1. The Morgan fingerprint density at radius 3 is 2.19 bits per heavy atom. The summed E-state index contributed by atoms with van der Waals surface area (Å²) < 4.78 is 0. The molecule has 0 aliphatic rings. The minimum Gasteiger partial charge on any atom is -0.377 e. The standard InChI is InChI=1S/C25H34ClN3O2/c1-16(2)18(5)29(25(31)21-10-8-9-11-22(21)26)15-19-14-20(27-24(30)17(3)4)12-13-23(19)28(6)7/h8-14,16-18H,15H2,1-7H3,(H,27,30)/t18-/m1/s1. The first-order valence-corrected chi connectivity index (χ1v) is 11.1. The van der Waals surface area contributed by atoms with Crippen molar-refractivity contribution >= 4 is 34.8 Å². The third-order valence-corrected chi connectivity index (χ3v) is 5.85. The molecule has 31 heavy (non-hydrogen) atoms. The van der Waals surface area contributed by atoms with E-state index < -0.39 is 0 Å². The molecule has 1 N–H and O–H groups in total. The van der Waals surface area contributed by atoms with Gasteiger partial charge in [0, 0.05) is 44.0 Å². The number of nitrogens with zero attached hydrogens (tertiary/aromatic N) is 2. The molecule has 6 heteroatoms. The molecule has 5 nitrogen and oxygen atoms in total. The molecule has 0 heterocycles. The number of nitrogens with one attached hydrogen (secondary N) is 1. The average Bonchev–Trinajstić information content (AvgIpc) is 2.71. The van der Waals surface area contributed by atoms with Crippen LogP contribution in [0.2, 0.25) is 5.02 Å². The Morgan fingerprint density at radius 1 is 1.00 bits per heavy atom. The summed E-state index contributed by atoms with van der Waals surface area (Å²) in [5.74, 6) is 0.00512. The molecule has 168 valence electrons. The molecule has 0 aliphatic heterocycles. The van der Waals surface area contributed by atoms with E-state index in [9.17, 15) is 9.59 Å². The topological polar surface area (TPSA) is 52.7 Å². The molecule has 0 fully saturated rings. The predicted octanol–water partition coefficient (Wildman–Crippen LogP) is 5.69. The molecular weight excluding hydrogens is 410 g/mol. The monoisotopic (exact) mass is 443 g/mol. The van der Waals surface area contributed by atoms with E-state index in [1.54, 1.807) is 12.1 Å². The number of carbonyl (C=O) groups is 2. The molecule has 0 aromatic heterocycles. The number of halogens is 1. The van der Waals surface area contributed by atoms with Crippen molar-refractivity contribution < 1.29 is 9.59 Å².